The summed E-state index contributed by atoms with van der Waals surface area (Å²) in [6, 6.07) is 4.84. The van der Waals surface area contributed by atoms with Gasteiger partial charge in [-0.1, -0.05) is 18.6 Å². The molecule has 0 aliphatic heterocycles. The SMILES string of the molecule is CCCNC(C1=CCCC1)c1ccc(Br)s1. The van der Waals surface area contributed by atoms with Gasteiger partial charge < -0.3 is 5.32 Å². The predicted octanol–water partition coefficient (Wildman–Crippen LogP) is 4.66. The molecule has 0 bridgehead atoms. The average Bonchev–Trinajstić information content (AvgIpc) is 2.91. The van der Waals surface area contributed by atoms with Crippen LogP contribution in [0, 0.1) is 0 Å². The molecule has 1 aromatic heterocycles. The van der Waals surface area contributed by atoms with Gasteiger partial charge in [0.2, 0.25) is 0 Å². The van der Waals surface area contributed by atoms with Gasteiger partial charge in [-0.25, -0.2) is 0 Å². The lowest BCUT2D eigenvalue weighted by Gasteiger charge is -2.18. The maximum Gasteiger partial charge on any atom is 0.0702 e. The highest BCUT2D eigenvalue weighted by Crippen LogP contribution is 2.35. The summed E-state index contributed by atoms with van der Waals surface area (Å²) in [4.78, 5) is 1.44. The molecule has 1 aliphatic rings. The molecule has 1 atom stereocenters. The van der Waals surface area contributed by atoms with Crippen molar-refractivity contribution in [2.45, 2.75) is 38.6 Å². The minimum Gasteiger partial charge on any atom is -0.306 e. The number of halogens is 1. The van der Waals surface area contributed by atoms with E-state index in [1.54, 1.807) is 5.57 Å². The minimum atomic E-state index is 0.457. The fraction of sp³-hybridized carbons (Fsp3) is 0.538. The number of allylic oxidation sites excluding steroid dienone is 1. The Bertz CT molecular complexity index is 370. The molecule has 0 aromatic carbocycles. The van der Waals surface area contributed by atoms with E-state index in [1.807, 2.05) is 11.3 Å². The van der Waals surface area contributed by atoms with Gasteiger partial charge in [0.15, 0.2) is 0 Å². The molecule has 1 unspecified atom stereocenters. The van der Waals surface area contributed by atoms with Gasteiger partial charge in [-0.15, -0.1) is 11.3 Å². The molecule has 0 amide bonds. The first-order valence-corrected chi connectivity index (χ1v) is 7.59. The molecule has 16 heavy (non-hydrogen) atoms. The second kappa shape index (κ2) is 5.99. The molecular formula is C13H18BrNS. The van der Waals surface area contributed by atoms with E-state index in [2.05, 4.69) is 46.4 Å². The topological polar surface area (TPSA) is 12.0 Å². The lowest BCUT2D eigenvalue weighted by molar-refractivity contribution is 0.586. The van der Waals surface area contributed by atoms with Crippen molar-refractivity contribution in [1.82, 2.24) is 5.32 Å². The molecular weight excluding hydrogens is 282 g/mol. The Hall–Kier alpha value is -0.120. The molecule has 0 spiro atoms. The van der Waals surface area contributed by atoms with Crippen LogP contribution in [0.2, 0.25) is 0 Å². The van der Waals surface area contributed by atoms with Crippen molar-refractivity contribution >= 4 is 27.3 Å². The summed E-state index contributed by atoms with van der Waals surface area (Å²) in [7, 11) is 0. The van der Waals surface area contributed by atoms with Crippen molar-refractivity contribution in [3.63, 3.8) is 0 Å². The smallest absolute Gasteiger partial charge is 0.0702 e. The van der Waals surface area contributed by atoms with Crippen molar-refractivity contribution in [3.8, 4) is 0 Å². The van der Waals surface area contributed by atoms with E-state index in [0.29, 0.717) is 6.04 Å². The van der Waals surface area contributed by atoms with Crippen molar-refractivity contribution in [2.24, 2.45) is 0 Å². The van der Waals surface area contributed by atoms with Crippen molar-refractivity contribution in [2.75, 3.05) is 6.54 Å². The van der Waals surface area contributed by atoms with Gasteiger partial charge in [0.1, 0.15) is 0 Å². The fourth-order valence-corrected chi connectivity index (χ4v) is 3.69. The molecule has 1 nitrogen and oxygen atoms in total. The summed E-state index contributed by atoms with van der Waals surface area (Å²) in [5, 5.41) is 3.66. The Labute approximate surface area is 110 Å². The quantitative estimate of drug-likeness (QED) is 0.780. The molecule has 0 radical (unpaired) electrons. The lowest BCUT2D eigenvalue weighted by atomic mass is 10.1. The van der Waals surface area contributed by atoms with Crippen LogP contribution >= 0.6 is 27.3 Å². The fourth-order valence-electron chi connectivity index (χ4n) is 2.14. The Morgan fingerprint density at radius 3 is 2.94 bits per heavy atom. The molecule has 1 N–H and O–H groups in total. The summed E-state index contributed by atoms with van der Waals surface area (Å²) in [6.07, 6.45) is 7.45. The lowest BCUT2D eigenvalue weighted by Crippen LogP contribution is -2.22. The first-order chi connectivity index (χ1) is 7.81. The highest BCUT2D eigenvalue weighted by Gasteiger charge is 2.19. The van der Waals surface area contributed by atoms with Crippen LogP contribution in [-0.4, -0.2) is 6.54 Å². The van der Waals surface area contributed by atoms with Crippen LogP contribution in [0.15, 0.2) is 27.6 Å². The zero-order valence-corrected chi connectivity index (χ0v) is 12.0. The third kappa shape index (κ3) is 2.96. The standard InChI is InChI=1S/C13H18BrNS/c1-2-9-15-13(10-5-3-4-6-10)11-7-8-12(14)16-11/h5,7-8,13,15H,2-4,6,9H2,1H3. The number of nitrogens with one attached hydrogen (secondary N) is 1. The van der Waals surface area contributed by atoms with E-state index in [-0.39, 0.29) is 0 Å². The molecule has 3 heteroatoms. The molecule has 1 heterocycles. The van der Waals surface area contributed by atoms with Crippen LogP contribution in [0.1, 0.15) is 43.5 Å². The molecule has 0 saturated carbocycles. The van der Waals surface area contributed by atoms with E-state index in [1.165, 1.54) is 34.3 Å². The van der Waals surface area contributed by atoms with Crippen molar-refractivity contribution in [3.05, 3.63) is 32.4 Å². The molecule has 1 aromatic rings. The summed E-state index contributed by atoms with van der Waals surface area (Å²) in [5.41, 5.74) is 1.59. The Kier molecular flexibility index (Phi) is 4.62. The predicted molar refractivity (Wildman–Crippen MR) is 75.0 cm³/mol. The summed E-state index contributed by atoms with van der Waals surface area (Å²) in [6.45, 7) is 3.31. The zero-order valence-electron chi connectivity index (χ0n) is 9.63. The second-order valence-corrected chi connectivity index (χ2v) is 6.69. The van der Waals surface area contributed by atoms with E-state index in [4.69, 9.17) is 0 Å². The van der Waals surface area contributed by atoms with E-state index in [0.717, 1.165) is 6.54 Å². The van der Waals surface area contributed by atoms with E-state index >= 15 is 0 Å². The van der Waals surface area contributed by atoms with Crippen LogP contribution in [0.3, 0.4) is 0 Å². The van der Waals surface area contributed by atoms with Gasteiger partial charge in [-0.3, -0.25) is 0 Å². The van der Waals surface area contributed by atoms with Crippen LogP contribution in [0.5, 0.6) is 0 Å². The number of thiophene rings is 1. The Morgan fingerprint density at radius 1 is 1.50 bits per heavy atom. The average molecular weight is 300 g/mol. The van der Waals surface area contributed by atoms with E-state index < -0.39 is 0 Å². The van der Waals surface area contributed by atoms with Crippen molar-refractivity contribution < 1.29 is 0 Å². The number of rotatable bonds is 5. The number of hydrogen-bond acceptors (Lipinski definition) is 2. The molecule has 2 rings (SSSR count). The highest BCUT2D eigenvalue weighted by molar-refractivity contribution is 9.11. The second-order valence-electron chi connectivity index (χ2n) is 4.20. The maximum absolute atomic E-state index is 3.66. The molecule has 0 fully saturated rings. The first kappa shape index (κ1) is 12.3. The Balaban J connectivity index is 2.13. The largest absolute Gasteiger partial charge is 0.306 e. The van der Waals surface area contributed by atoms with Gasteiger partial charge >= 0.3 is 0 Å². The van der Waals surface area contributed by atoms with Crippen LogP contribution in [0.25, 0.3) is 0 Å². The molecule has 1 aliphatic carbocycles. The number of hydrogen-bond donors (Lipinski definition) is 1. The monoisotopic (exact) mass is 299 g/mol. The van der Waals surface area contributed by atoms with Gasteiger partial charge in [0.05, 0.1) is 9.83 Å². The first-order valence-electron chi connectivity index (χ1n) is 5.99. The summed E-state index contributed by atoms with van der Waals surface area (Å²) in [5.74, 6) is 0. The van der Waals surface area contributed by atoms with Gasteiger partial charge in [0, 0.05) is 4.88 Å². The van der Waals surface area contributed by atoms with Gasteiger partial charge in [0.25, 0.3) is 0 Å². The third-order valence-corrected chi connectivity index (χ3v) is 4.61. The minimum absolute atomic E-state index is 0.457. The maximum atomic E-state index is 3.66. The highest BCUT2D eigenvalue weighted by atomic mass is 79.9. The third-order valence-electron chi connectivity index (χ3n) is 2.92. The molecule has 0 saturated heterocycles. The summed E-state index contributed by atoms with van der Waals surface area (Å²) >= 11 is 5.39. The van der Waals surface area contributed by atoms with Gasteiger partial charge in [-0.05, 0) is 60.3 Å². The normalized spacial score (nSPS) is 17.5. The Morgan fingerprint density at radius 2 is 2.38 bits per heavy atom. The molecule has 88 valence electrons. The van der Waals surface area contributed by atoms with Crippen molar-refractivity contribution in [1.29, 1.82) is 0 Å². The van der Waals surface area contributed by atoms with Crippen LogP contribution in [0.4, 0.5) is 0 Å². The zero-order chi connectivity index (χ0) is 11.4. The van der Waals surface area contributed by atoms with E-state index in [9.17, 15) is 0 Å². The summed E-state index contributed by atoms with van der Waals surface area (Å²) < 4.78 is 1.23. The van der Waals surface area contributed by atoms with Crippen LogP contribution < -0.4 is 5.32 Å². The van der Waals surface area contributed by atoms with Crippen LogP contribution in [-0.2, 0) is 0 Å². The van der Waals surface area contributed by atoms with Gasteiger partial charge in [-0.2, -0.15) is 0 Å².